The van der Waals surface area contributed by atoms with Crippen LogP contribution in [0.2, 0.25) is 0 Å². The van der Waals surface area contributed by atoms with Crippen molar-refractivity contribution in [2.45, 2.75) is 32.5 Å². The van der Waals surface area contributed by atoms with Gasteiger partial charge < -0.3 is 19.5 Å². The minimum atomic E-state index is -0.860. The second-order valence-electron chi connectivity index (χ2n) is 9.43. The summed E-state index contributed by atoms with van der Waals surface area (Å²) in [6, 6.07) is 27.9. The highest BCUT2D eigenvalue weighted by molar-refractivity contribution is 6.46. The van der Waals surface area contributed by atoms with E-state index in [1.807, 2.05) is 56.3 Å². The second-order valence-corrected chi connectivity index (χ2v) is 9.43. The van der Waals surface area contributed by atoms with Crippen molar-refractivity contribution in [1.82, 2.24) is 9.88 Å². The summed E-state index contributed by atoms with van der Waals surface area (Å²) in [6.07, 6.45) is 1.56. The first kappa shape index (κ1) is 25.7. The summed E-state index contributed by atoms with van der Waals surface area (Å²) in [7, 11) is 0. The molecule has 1 aliphatic heterocycles. The van der Waals surface area contributed by atoms with Crippen molar-refractivity contribution in [1.29, 1.82) is 0 Å². The molecule has 196 valence electrons. The summed E-state index contributed by atoms with van der Waals surface area (Å²) >= 11 is 0. The van der Waals surface area contributed by atoms with Gasteiger partial charge in [0.05, 0.1) is 30.0 Å². The number of likely N-dealkylation sites (tertiary alicyclic amines) is 1. The Balaban J connectivity index is 1.61. The Morgan fingerprint density at radius 3 is 2.33 bits per heavy atom. The SMILES string of the molecule is CC(C)Oc1cccc(/C(O)=C2/C(=O)C(=O)N(Cc3ccccn3)C2c2cccc(Oc3ccccc3)c2)c1. The lowest BCUT2D eigenvalue weighted by Crippen LogP contribution is -2.29. The highest BCUT2D eigenvalue weighted by atomic mass is 16.5. The van der Waals surface area contributed by atoms with E-state index in [0.717, 1.165) is 0 Å². The molecule has 1 N–H and O–H groups in total. The number of ether oxygens (including phenoxy) is 2. The molecule has 1 fully saturated rings. The fraction of sp³-hybridized carbons (Fsp3) is 0.156. The average molecular weight is 521 g/mol. The largest absolute Gasteiger partial charge is 0.507 e. The van der Waals surface area contributed by atoms with Gasteiger partial charge in [-0.05, 0) is 67.9 Å². The van der Waals surface area contributed by atoms with Crippen LogP contribution < -0.4 is 9.47 Å². The van der Waals surface area contributed by atoms with Crippen molar-refractivity contribution in [3.8, 4) is 17.2 Å². The van der Waals surface area contributed by atoms with Crippen LogP contribution in [0.3, 0.4) is 0 Å². The van der Waals surface area contributed by atoms with E-state index in [2.05, 4.69) is 4.98 Å². The smallest absolute Gasteiger partial charge is 0.296 e. The number of benzene rings is 3. The summed E-state index contributed by atoms with van der Waals surface area (Å²) in [4.78, 5) is 32.6. The van der Waals surface area contributed by atoms with Gasteiger partial charge in [0.25, 0.3) is 11.7 Å². The van der Waals surface area contributed by atoms with E-state index in [4.69, 9.17) is 9.47 Å². The monoisotopic (exact) mass is 520 g/mol. The second kappa shape index (κ2) is 11.2. The quantitative estimate of drug-likeness (QED) is 0.167. The van der Waals surface area contributed by atoms with Gasteiger partial charge in [0, 0.05) is 11.8 Å². The highest BCUT2D eigenvalue weighted by Gasteiger charge is 2.46. The zero-order valence-corrected chi connectivity index (χ0v) is 21.7. The van der Waals surface area contributed by atoms with E-state index in [1.54, 1.807) is 60.8 Å². The molecule has 39 heavy (non-hydrogen) atoms. The minimum absolute atomic E-state index is 0.00510. The number of hydrogen-bond donors (Lipinski definition) is 1. The van der Waals surface area contributed by atoms with Gasteiger partial charge in [0.2, 0.25) is 0 Å². The van der Waals surface area contributed by atoms with Gasteiger partial charge in [-0.3, -0.25) is 14.6 Å². The van der Waals surface area contributed by atoms with Crippen LogP contribution in [-0.2, 0) is 16.1 Å². The predicted molar refractivity (Wildman–Crippen MR) is 147 cm³/mol. The number of nitrogens with zero attached hydrogens (tertiary/aromatic N) is 2. The number of amides is 1. The Bertz CT molecular complexity index is 1520. The summed E-state index contributed by atoms with van der Waals surface area (Å²) in [5.41, 5.74) is 1.61. The topological polar surface area (TPSA) is 89.0 Å². The molecular weight excluding hydrogens is 492 g/mol. The molecule has 1 aromatic heterocycles. The first-order chi connectivity index (χ1) is 18.9. The van der Waals surface area contributed by atoms with E-state index in [9.17, 15) is 14.7 Å². The van der Waals surface area contributed by atoms with Gasteiger partial charge >= 0.3 is 0 Å². The van der Waals surface area contributed by atoms with E-state index < -0.39 is 17.7 Å². The number of ketones is 1. The van der Waals surface area contributed by atoms with Crippen molar-refractivity contribution in [3.05, 3.63) is 126 Å². The summed E-state index contributed by atoms with van der Waals surface area (Å²) in [5.74, 6) is -0.0141. The summed E-state index contributed by atoms with van der Waals surface area (Å²) in [5, 5.41) is 11.5. The molecule has 1 saturated heterocycles. The Kier molecular flexibility index (Phi) is 7.41. The van der Waals surface area contributed by atoms with Gasteiger partial charge in [-0.25, -0.2) is 0 Å². The van der Waals surface area contributed by atoms with E-state index in [-0.39, 0.29) is 24.0 Å². The van der Waals surface area contributed by atoms with Crippen molar-refractivity contribution < 1.29 is 24.2 Å². The molecule has 0 spiro atoms. The summed E-state index contributed by atoms with van der Waals surface area (Å²) in [6.45, 7) is 3.90. The molecule has 0 aliphatic carbocycles. The van der Waals surface area contributed by atoms with Crippen LogP contribution in [0, 0.1) is 0 Å². The number of aliphatic hydroxyl groups excluding tert-OH is 1. The van der Waals surface area contributed by atoms with Crippen molar-refractivity contribution >= 4 is 17.4 Å². The standard InChI is InChI=1S/C32H28N2O5/c1-21(2)38-26-15-9-11-23(19-26)30(35)28-29(34(32(37)31(28)36)20-24-12-6-7-17-33-24)22-10-8-16-27(18-22)39-25-13-4-3-5-14-25/h3-19,21,29,35H,20H2,1-2H3/b30-28-. The van der Waals surface area contributed by atoms with Crippen LogP contribution in [0.25, 0.3) is 5.76 Å². The van der Waals surface area contributed by atoms with Gasteiger partial charge in [-0.15, -0.1) is 0 Å². The Morgan fingerprint density at radius 2 is 1.59 bits per heavy atom. The number of hydrogen-bond acceptors (Lipinski definition) is 6. The van der Waals surface area contributed by atoms with Crippen molar-refractivity contribution in [2.24, 2.45) is 0 Å². The van der Waals surface area contributed by atoms with Crippen LogP contribution in [0.4, 0.5) is 0 Å². The Labute approximate surface area is 227 Å². The molecule has 1 amide bonds. The molecule has 0 saturated carbocycles. The fourth-order valence-electron chi connectivity index (χ4n) is 4.57. The van der Waals surface area contributed by atoms with Crippen molar-refractivity contribution in [2.75, 3.05) is 0 Å². The predicted octanol–water partition coefficient (Wildman–Crippen LogP) is 6.28. The maximum absolute atomic E-state index is 13.5. The third-order valence-electron chi connectivity index (χ3n) is 6.23. The average Bonchev–Trinajstić information content (AvgIpc) is 3.19. The molecule has 7 heteroatoms. The Hall–Kier alpha value is -4.91. The summed E-state index contributed by atoms with van der Waals surface area (Å²) < 4.78 is 11.8. The molecule has 1 aliphatic rings. The maximum Gasteiger partial charge on any atom is 0.296 e. The van der Waals surface area contributed by atoms with Gasteiger partial charge in [-0.1, -0.05) is 48.5 Å². The first-order valence-corrected chi connectivity index (χ1v) is 12.7. The molecule has 0 bridgehead atoms. The number of aromatic nitrogens is 1. The highest BCUT2D eigenvalue weighted by Crippen LogP contribution is 2.41. The lowest BCUT2D eigenvalue weighted by atomic mass is 9.95. The fourth-order valence-corrected chi connectivity index (χ4v) is 4.57. The van der Waals surface area contributed by atoms with Crippen LogP contribution >= 0.6 is 0 Å². The number of pyridine rings is 1. The lowest BCUT2D eigenvalue weighted by Gasteiger charge is -2.25. The number of aliphatic hydroxyl groups is 1. The number of carbonyl (C=O) groups excluding carboxylic acids is 2. The third kappa shape index (κ3) is 5.67. The molecule has 5 rings (SSSR count). The molecule has 1 atom stereocenters. The third-order valence-corrected chi connectivity index (χ3v) is 6.23. The van der Waals surface area contributed by atoms with Crippen molar-refractivity contribution in [3.63, 3.8) is 0 Å². The Morgan fingerprint density at radius 1 is 0.872 bits per heavy atom. The van der Waals surface area contributed by atoms with Gasteiger partial charge in [-0.2, -0.15) is 0 Å². The van der Waals surface area contributed by atoms with Gasteiger partial charge in [0.1, 0.15) is 23.0 Å². The molecule has 4 aromatic rings. The normalized spacial score (nSPS) is 16.5. The van der Waals surface area contributed by atoms with Gasteiger partial charge in [0.15, 0.2) is 0 Å². The van der Waals surface area contributed by atoms with Crippen LogP contribution in [0.5, 0.6) is 17.2 Å². The molecule has 3 aromatic carbocycles. The zero-order valence-electron chi connectivity index (χ0n) is 21.7. The van der Waals surface area contributed by atoms with Crippen LogP contribution in [0.15, 0.2) is 109 Å². The molecule has 0 radical (unpaired) electrons. The first-order valence-electron chi connectivity index (χ1n) is 12.7. The number of para-hydroxylation sites is 1. The molecule has 1 unspecified atom stereocenters. The number of carbonyl (C=O) groups is 2. The van der Waals surface area contributed by atoms with Crippen LogP contribution in [-0.4, -0.2) is 32.8 Å². The van der Waals surface area contributed by atoms with E-state index in [0.29, 0.717) is 34.1 Å². The van der Waals surface area contributed by atoms with E-state index in [1.165, 1.54) is 4.90 Å². The minimum Gasteiger partial charge on any atom is -0.507 e. The number of rotatable bonds is 8. The molecule has 7 nitrogen and oxygen atoms in total. The maximum atomic E-state index is 13.5. The number of Topliss-reactive ketones (excluding diaryl/α,β-unsaturated/α-hetero) is 1. The molecular formula is C32H28N2O5. The van der Waals surface area contributed by atoms with E-state index >= 15 is 0 Å². The molecule has 2 heterocycles. The zero-order chi connectivity index (χ0) is 27.4. The lowest BCUT2D eigenvalue weighted by molar-refractivity contribution is -0.140. The van der Waals surface area contributed by atoms with Crippen LogP contribution in [0.1, 0.15) is 36.7 Å².